The van der Waals surface area contributed by atoms with Gasteiger partial charge in [0.1, 0.15) is 17.3 Å². The number of alkyl halides is 1. The van der Waals surface area contributed by atoms with Gasteiger partial charge in [0.05, 0.1) is 5.88 Å². The highest BCUT2D eigenvalue weighted by molar-refractivity contribution is 6.31. The van der Waals surface area contributed by atoms with Crippen LogP contribution in [0.5, 0.6) is 0 Å². The molecule has 88 valence electrons. The van der Waals surface area contributed by atoms with E-state index in [1.165, 1.54) is 19.2 Å². The molecular weight excluding hydrogens is 245 g/mol. The van der Waals surface area contributed by atoms with Crippen LogP contribution in [0.2, 0.25) is 5.15 Å². The van der Waals surface area contributed by atoms with Crippen molar-refractivity contribution in [2.75, 3.05) is 18.0 Å². The monoisotopic (exact) mass is 259 g/mol. The van der Waals surface area contributed by atoms with Crippen molar-refractivity contribution in [3.63, 3.8) is 0 Å². The second-order valence-corrected chi connectivity index (χ2v) is 4.92. The molecule has 0 spiro atoms. The fraction of sp³-hybridized carbons (Fsp3) is 0.636. The molecule has 3 nitrogen and oxygen atoms in total. The van der Waals surface area contributed by atoms with E-state index >= 15 is 0 Å². The Labute approximate surface area is 106 Å². The van der Waals surface area contributed by atoms with Crippen molar-refractivity contribution in [2.45, 2.75) is 25.6 Å². The Morgan fingerprint density at radius 2 is 2.31 bits per heavy atom. The van der Waals surface area contributed by atoms with E-state index < -0.39 is 0 Å². The average Bonchev–Trinajstić information content (AvgIpc) is 2.28. The maximum Gasteiger partial charge on any atom is 0.138 e. The molecule has 0 bridgehead atoms. The van der Waals surface area contributed by atoms with Gasteiger partial charge in [0.25, 0.3) is 0 Å². The zero-order valence-corrected chi connectivity index (χ0v) is 10.8. The molecule has 5 heteroatoms. The number of nitrogens with zero attached hydrogens (tertiary/aromatic N) is 3. The van der Waals surface area contributed by atoms with Crippen molar-refractivity contribution >= 4 is 29.0 Å². The Hall–Kier alpha value is -0.540. The molecule has 0 N–H and O–H groups in total. The largest absolute Gasteiger partial charge is 0.356 e. The SMILES string of the molecule is CC1CCCN(c2ncnc(Cl)c2CCl)C1. The summed E-state index contributed by atoms with van der Waals surface area (Å²) in [4.78, 5) is 10.5. The Balaban J connectivity index is 2.28. The molecule has 0 aromatic carbocycles. The quantitative estimate of drug-likeness (QED) is 0.604. The lowest BCUT2D eigenvalue weighted by molar-refractivity contribution is 0.444. The fourth-order valence-electron chi connectivity index (χ4n) is 2.15. The lowest BCUT2D eigenvalue weighted by atomic mass is 10.00. The molecule has 0 saturated carbocycles. The van der Waals surface area contributed by atoms with Gasteiger partial charge in [0, 0.05) is 18.7 Å². The molecule has 1 aromatic rings. The van der Waals surface area contributed by atoms with Crippen LogP contribution in [0, 0.1) is 5.92 Å². The minimum atomic E-state index is 0.361. The fourth-order valence-corrected chi connectivity index (χ4v) is 2.66. The van der Waals surface area contributed by atoms with E-state index in [4.69, 9.17) is 23.2 Å². The summed E-state index contributed by atoms with van der Waals surface area (Å²) >= 11 is 11.9. The molecule has 1 fully saturated rings. The summed E-state index contributed by atoms with van der Waals surface area (Å²) in [5.41, 5.74) is 0.847. The molecule has 1 unspecified atom stereocenters. The molecule has 2 rings (SSSR count). The van der Waals surface area contributed by atoms with E-state index in [1.54, 1.807) is 0 Å². The minimum absolute atomic E-state index is 0.361. The normalized spacial score (nSPS) is 21.2. The van der Waals surface area contributed by atoms with Crippen LogP contribution in [0.3, 0.4) is 0 Å². The van der Waals surface area contributed by atoms with Crippen LogP contribution in [0.15, 0.2) is 6.33 Å². The van der Waals surface area contributed by atoms with Crippen molar-refractivity contribution in [3.05, 3.63) is 17.0 Å². The van der Waals surface area contributed by atoms with E-state index in [2.05, 4.69) is 21.8 Å². The first-order chi connectivity index (χ1) is 7.72. The van der Waals surface area contributed by atoms with Gasteiger partial charge in [0.2, 0.25) is 0 Å². The summed E-state index contributed by atoms with van der Waals surface area (Å²) in [5, 5.41) is 0.471. The van der Waals surface area contributed by atoms with Gasteiger partial charge in [-0.2, -0.15) is 0 Å². The predicted octanol–water partition coefficient (Wildman–Crippen LogP) is 3.11. The first-order valence-electron chi connectivity index (χ1n) is 5.52. The van der Waals surface area contributed by atoms with E-state index in [0.29, 0.717) is 17.0 Å². The molecule has 2 heterocycles. The maximum absolute atomic E-state index is 6.02. The highest BCUT2D eigenvalue weighted by atomic mass is 35.5. The summed E-state index contributed by atoms with van der Waals surface area (Å²) in [6.45, 7) is 4.31. The number of hydrogen-bond acceptors (Lipinski definition) is 3. The van der Waals surface area contributed by atoms with E-state index in [1.807, 2.05) is 0 Å². The van der Waals surface area contributed by atoms with Gasteiger partial charge in [-0.1, -0.05) is 18.5 Å². The zero-order valence-electron chi connectivity index (χ0n) is 9.29. The van der Waals surface area contributed by atoms with Crippen molar-refractivity contribution < 1.29 is 0 Å². The lowest BCUT2D eigenvalue weighted by Crippen LogP contribution is -2.35. The number of piperidine rings is 1. The third kappa shape index (κ3) is 2.41. The number of hydrogen-bond donors (Lipinski definition) is 0. The van der Waals surface area contributed by atoms with Crippen LogP contribution in [0.25, 0.3) is 0 Å². The van der Waals surface area contributed by atoms with Crippen molar-refractivity contribution in [3.8, 4) is 0 Å². The second kappa shape index (κ2) is 5.19. The molecular formula is C11H15Cl2N3. The van der Waals surface area contributed by atoms with Crippen LogP contribution in [0.4, 0.5) is 5.82 Å². The molecule has 1 aliphatic heterocycles. The highest BCUT2D eigenvalue weighted by Gasteiger charge is 2.21. The van der Waals surface area contributed by atoms with Gasteiger partial charge in [-0.05, 0) is 18.8 Å². The van der Waals surface area contributed by atoms with Gasteiger partial charge >= 0.3 is 0 Å². The minimum Gasteiger partial charge on any atom is -0.356 e. The lowest BCUT2D eigenvalue weighted by Gasteiger charge is -2.32. The smallest absolute Gasteiger partial charge is 0.138 e. The maximum atomic E-state index is 6.02. The molecule has 1 saturated heterocycles. The standard InChI is InChI=1S/C11H15Cl2N3/c1-8-3-2-4-16(6-8)11-9(5-12)10(13)14-7-15-11/h7-8H,2-6H2,1H3. The van der Waals surface area contributed by atoms with E-state index in [-0.39, 0.29) is 0 Å². The third-order valence-electron chi connectivity index (χ3n) is 2.96. The summed E-state index contributed by atoms with van der Waals surface area (Å²) in [5.74, 6) is 1.96. The van der Waals surface area contributed by atoms with Crippen molar-refractivity contribution in [2.24, 2.45) is 5.92 Å². The van der Waals surface area contributed by atoms with Gasteiger partial charge in [0.15, 0.2) is 0 Å². The van der Waals surface area contributed by atoms with Crippen LogP contribution in [-0.2, 0) is 5.88 Å². The Bertz CT molecular complexity index is 370. The van der Waals surface area contributed by atoms with Crippen LogP contribution >= 0.6 is 23.2 Å². The Morgan fingerprint density at radius 1 is 1.50 bits per heavy atom. The molecule has 1 atom stereocenters. The van der Waals surface area contributed by atoms with Crippen LogP contribution in [-0.4, -0.2) is 23.1 Å². The summed E-state index contributed by atoms with van der Waals surface area (Å²) < 4.78 is 0. The molecule has 16 heavy (non-hydrogen) atoms. The van der Waals surface area contributed by atoms with Crippen LogP contribution in [0.1, 0.15) is 25.3 Å². The summed E-state index contributed by atoms with van der Waals surface area (Å²) in [6.07, 6.45) is 3.99. The average molecular weight is 260 g/mol. The van der Waals surface area contributed by atoms with Gasteiger partial charge in [-0.25, -0.2) is 9.97 Å². The van der Waals surface area contributed by atoms with E-state index in [0.717, 1.165) is 24.5 Å². The first kappa shape index (κ1) is 11.9. The topological polar surface area (TPSA) is 29.0 Å². The number of rotatable bonds is 2. The van der Waals surface area contributed by atoms with Gasteiger partial charge in [-0.3, -0.25) is 0 Å². The molecule has 1 aliphatic rings. The third-order valence-corrected chi connectivity index (χ3v) is 3.55. The Morgan fingerprint density at radius 3 is 3.00 bits per heavy atom. The molecule has 1 aromatic heterocycles. The molecule has 0 radical (unpaired) electrons. The van der Waals surface area contributed by atoms with Crippen molar-refractivity contribution in [1.29, 1.82) is 0 Å². The molecule has 0 amide bonds. The first-order valence-corrected chi connectivity index (χ1v) is 6.44. The second-order valence-electron chi connectivity index (χ2n) is 4.29. The number of anilines is 1. The molecule has 0 aliphatic carbocycles. The number of halogens is 2. The number of aromatic nitrogens is 2. The predicted molar refractivity (Wildman–Crippen MR) is 67.2 cm³/mol. The van der Waals surface area contributed by atoms with Gasteiger partial charge < -0.3 is 4.90 Å². The summed E-state index contributed by atoms with van der Waals surface area (Å²) in [6, 6.07) is 0. The zero-order chi connectivity index (χ0) is 11.5. The summed E-state index contributed by atoms with van der Waals surface area (Å²) in [7, 11) is 0. The Kier molecular flexibility index (Phi) is 3.87. The van der Waals surface area contributed by atoms with Crippen LogP contribution < -0.4 is 4.90 Å². The van der Waals surface area contributed by atoms with E-state index in [9.17, 15) is 0 Å². The highest BCUT2D eigenvalue weighted by Crippen LogP contribution is 2.28. The van der Waals surface area contributed by atoms with Gasteiger partial charge in [-0.15, -0.1) is 11.6 Å². The van der Waals surface area contributed by atoms with Crippen molar-refractivity contribution in [1.82, 2.24) is 9.97 Å².